The van der Waals surface area contributed by atoms with E-state index in [9.17, 15) is 19.8 Å². The minimum atomic E-state index is -1.18. The van der Waals surface area contributed by atoms with Gasteiger partial charge in [-0.05, 0) is 11.0 Å². The number of benzene rings is 1. The molecular formula is C15H18O4. The van der Waals surface area contributed by atoms with E-state index in [1.165, 1.54) is 0 Å². The van der Waals surface area contributed by atoms with Crippen LogP contribution in [0.1, 0.15) is 26.3 Å². The lowest BCUT2D eigenvalue weighted by Crippen LogP contribution is -2.23. The Morgan fingerprint density at radius 1 is 1.00 bits per heavy atom. The molecule has 0 amide bonds. The van der Waals surface area contributed by atoms with Crippen molar-refractivity contribution in [2.24, 2.45) is 5.41 Å². The molecule has 0 atom stereocenters. The molecule has 2 N–H and O–H groups in total. The third kappa shape index (κ3) is 3.95. The first kappa shape index (κ1) is 15.0. The van der Waals surface area contributed by atoms with Crippen molar-refractivity contribution in [1.82, 2.24) is 0 Å². The lowest BCUT2D eigenvalue weighted by atomic mass is 9.81. The summed E-state index contributed by atoms with van der Waals surface area (Å²) in [6.07, 6.45) is 0.106. The molecule has 102 valence electrons. The average Bonchev–Trinajstić information content (AvgIpc) is 2.27. The van der Waals surface area contributed by atoms with Crippen molar-refractivity contribution in [3.05, 3.63) is 47.0 Å². The second kappa shape index (κ2) is 5.69. The Morgan fingerprint density at radius 2 is 1.53 bits per heavy atom. The smallest absolute Gasteiger partial charge is 0.332 e. The maximum absolute atomic E-state index is 11.4. The second-order valence-electron chi connectivity index (χ2n) is 5.38. The molecule has 1 rings (SSSR count). The number of aliphatic carboxylic acids is 2. The lowest BCUT2D eigenvalue weighted by Gasteiger charge is -2.22. The third-order valence-corrected chi connectivity index (χ3v) is 2.75. The molecule has 0 fully saturated rings. The Balaban J connectivity index is 3.32. The monoisotopic (exact) mass is 262 g/mol. The highest BCUT2D eigenvalue weighted by molar-refractivity contribution is 5.99. The molecule has 1 aromatic rings. The molecule has 1 aromatic carbocycles. The van der Waals surface area contributed by atoms with Gasteiger partial charge in [-0.1, -0.05) is 51.1 Å². The van der Waals surface area contributed by atoms with Gasteiger partial charge in [-0.2, -0.15) is 0 Å². The number of carboxylic acid groups (broad SMARTS) is 2. The van der Waals surface area contributed by atoms with Crippen LogP contribution in [0, 0.1) is 5.41 Å². The fraction of sp³-hybridized carbons (Fsp3) is 0.333. The summed E-state index contributed by atoms with van der Waals surface area (Å²) in [6, 6.07) is 8.99. The fourth-order valence-corrected chi connectivity index (χ4v) is 1.97. The summed E-state index contributed by atoms with van der Waals surface area (Å²) >= 11 is 0. The molecule has 0 aromatic heterocycles. The minimum Gasteiger partial charge on any atom is -0.478 e. The van der Waals surface area contributed by atoms with E-state index in [0.717, 1.165) is 5.56 Å². The van der Waals surface area contributed by atoms with Crippen molar-refractivity contribution < 1.29 is 19.8 Å². The summed E-state index contributed by atoms with van der Waals surface area (Å²) in [5.74, 6) is -2.36. The largest absolute Gasteiger partial charge is 0.478 e. The fourth-order valence-electron chi connectivity index (χ4n) is 1.97. The van der Waals surface area contributed by atoms with Crippen LogP contribution in [0.5, 0.6) is 0 Å². The molecule has 0 heterocycles. The maximum Gasteiger partial charge on any atom is 0.332 e. The van der Waals surface area contributed by atoms with Gasteiger partial charge in [0.25, 0.3) is 0 Å². The summed E-state index contributed by atoms with van der Waals surface area (Å²) in [7, 11) is 0. The minimum absolute atomic E-state index is 0.0520. The van der Waals surface area contributed by atoms with Crippen LogP contribution in [0.4, 0.5) is 0 Å². The van der Waals surface area contributed by atoms with Crippen molar-refractivity contribution in [3.63, 3.8) is 0 Å². The number of carbonyl (C=O) groups is 2. The highest BCUT2D eigenvalue weighted by Crippen LogP contribution is 2.30. The predicted octanol–water partition coefficient (Wildman–Crippen LogP) is 2.74. The normalized spacial score (nSPS) is 12.8. The zero-order chi connectivity index (χ0) is 14.6. The van der Waals surface area contributed by atoms with Gasteiger partial charge in [-0.25, -0.2) is 9.59 Å². The SMILES string of the molecule is CC(C)(C)/C(C(=O)O)=C(\Cc1ccccc1)C(=O)O. The molecule has 0 bridgehead atoms. The number of hydrogen-bond donors (Lipinski definition) is 2. The van der Waals surface area contributed by atoms with Crippen LogP contribution in [0.2, 0.25) is 0 Å². The van der Waals surface area contributed by atoms with Gasteiger partial charge in [0.05, 0.1) is 11.1 Å². The lowest BCUT2D eigenvalue weighted by molar-refractivity contribution is -0.136. The standard InChI is InChI=1S/C15H18O4/c1-15(2,3)12(14(18)19)11(13(16)17)9-10-7-5-4-6-8-10/h4-8H,9H2,1-3H3,(H,16,17)(H,18,19)/b12-11+. The molecule has 0 saturated carbocycles. The zero-order valence-corrected chi connectivity index (χ0v) is 11.3. The molecule has 0 spiro atoms. The van der Waals surface area contributed by atoms with Crippen LogP contribution in [-0.2, 0) is 16.0 Å². The summed E-state index contributed by atoms with van der Waals surface area (Å²) < 4.78 is 0. The molecule has 0 unspecified atom stereocenters. The van der Waals surface area contributed by atoms with E-state index >= 15 is 0 Å². The van der Waals surface area contributed by atoms with Gasteiger partial charge in [0.2, 0.25) is 0 Å². The number of hydrogen-bond acceptors (Lipinski definition) is 2. The number of carboxylic acids is 2. The molecule has 4 heteroatoms. The van der Waals surface area contributed by atoms with Gasteiger partial charge in [0, 0.05) is 6.42 Å². The topological polar surface area (TPSA) is 74.6 Å². The Bertz CT molecular complexity index is 507. The van der Waals surface area contributed by atoms with Crippen LogP contribution >= 0.6 is 0 Å². The quantitative estimate of drug-likeness (QED) is 0.818. The third-order valence-electron chi connectivity index (χ3n) is 2.75. The van der Waals surface area contributed by atoms with Crippen molar-refractivity contribution >= 4 is 11.9 Å². The van der Waals surface area contributed by atoms with Gasteiger partial charge >= 0.3 is 11.9 Å². The molecule has 0 aliphatic heterocycles. The van der Waals surface area contributed by atoms with E-state index in [0.29, 0.717) is 0 Å². The Kier molecular flexibility index (Phi) is 4.48. The molecule has 4 nitrogen and oxygen atoms in total. The molecule has 19 heavy (non-hydrogen) atoms. The molecule has 0 radical (unpaired) electrons. The van der Waals surface area contributed by atoms with E-state index in [1.54, 1.807) is 45.0 Å². The highest BCUT2D eigenvalue weighted by Gasteiger charge is 2.30. The van der Waals surface area contributed by atoms with Crippen LogP contribution in [0.25, 0.3) is 0 Å². The maximum atomic E-state index is 11.4. The summed E-state index contributed by atoms with van der Waals surface area (Å²) in [5, 5.41) is 18.6. The highest BCUT2D eigenvalue weighted by atomic mass is 16.4. The van der Waals surface area contributed by atoms with E-state index in [1.807, 2.05) is 6.07 Å². The Hall–Kier alpha value is -2.10. The zero-order valence-electron chi connectivity index (χ0n) is 11.3. The van der Waals surface area contributed by atoms with Crippen LogP contribution in [-0.4, -0.2) is 22.2 Å². The Morgan fingerprint density at radius 3 is 1.89 bits per heavy atom. The molecule has 0 saturated heterocycles. The van der Waals surface area contributed by atoms with E-state index in [-0.39, 0.29) is 17.6 Å². The predicted molar refractivity (Wildman–Crippen MR) is 71.9 cm³/mol. The van der Waals surface area contributed by atoms with Crippen molar-refractivity contribution in [2.45, 2.75) is 27.2 Å². The summed E-state index contributed by atoms with van der Waals surface area (Å²) in [4.78, 5) is 22.7. The summed E-state index contributed by atoms with van der Waals surface area (Å²) in [6.45, 7) is 5.10. The molecular weight excluding hydrogens is 244 g/mol. The second-order valence-corrected chi connectivity index (χ2v) is 5.38. The van der Waals surface area contributed by atoms with E-state index in [2.05, 4.69) is 0 Å². The Labute approximate surface area is 112 Å². The first-order valence-electron chi connectivity index (χ1n) is 5.97. The van der Waals surface area contributed by atoms with Gasteiger partial charge in [0.1, 0.15) is 0 Å². The van der Waals surface area contributed by atoms with Gasteiger partial charge < -0.3 is 10.2 Å². The van der Waals surface area contributed by atoms with Gasteiger partial charge in [-0.3, -0.25) is 0 Å². The van der Waals surface area contributed by atoms with Crippen molar-refractivity contribution in [3.8, 4) is 0 Å². The molecule has 0 aliphatic rings. The molecule has 0 aliphatic carbocycles. The van der Waals surface area contributed by atoms with Crippen LogP contribution < -0.4 is 0 Å². The van der Waals surface area contributed by atoms with E-state index < -0.39 is 17.4 Å². The van der Waals surface area contributed by atoms with E-state index in [4.69, 9.17) is 0 Å². The first-order chi connectivity index (χ1) is 8.73. The summed E-state index contributed by atoms with van der Waals surface area (Å²) in [5.41, 5.74) is -0.0631. The van der Waals surface area contributed by atoms with Gasteiger partial charge in [-0.15, -0.1) is 0 Å². The first-order valence-corrected chi connectivity index (χ1v) is 5.97. The average molecular weight is 262 g/mol. The number of rotatable bonds is 4. The van der Waals surface area contributed by atoms with Crippen molar-refractivity contribution in [1.29, 1.82) is 0 Å². The van der Waals surface area contributed by atoms with Crippen molar-refractivity contribution in [2.75, 3.05) is 0 Å². The van der Waals surface area contributed by atoms with Crippen LogP contribution in [0.15, 0.2) is 41.5 Å². The van der Waals surface area contributed by atoms with Crippen LogP contribution in [0.3, 0.4) is 0 Å². The van der Waals surface area contributed by atoms with Gasteiger partial charge in [0.15, 0.2) is 0 Å².